The monoisotopic (exact) mass is 440 g/mol. The number of carbonyl (C=O) groups is 2. The van der Waals surface area contributed by atoms with Crippen LogP contribution in [-0.4, -0.2) is 51.5 Å². The number of likely N-dealkylation sites (tertiary alicyclic amines) is 1. The highest BCUT2D eigenvalue weighted by atomic mass is 32.1. The minimum Gasteiger partial charge on any atom is -0.391 e. The predicted octanol–water partition coefficient (Wildman–Crippen LogP) is 1.68. The lowest BCUT2D eigenvalue weighted by atomic mass is 10.1. The number of nitrogens with zero attached hydrogens (tertiary/aromatic N) is 2. The van der Waals surface area contributed by atoms with E-state index in [-0.39, 0.29) is 30.3 Å². The summed E-state index contributed by atoms with van der Waals surface area (Å²) < 4.78 is 0. The summed E-state index contributed by atoms with van der Waals surface area (Å²) in [6.07, 6.45) is 1.43. The molecule has 1 aromatic heterocycles. The molecule has 164 valence electrons. The second kappa shape index (κ2) is 8.00. The number of aliphatic hydroxyl groups is 1. The molecule has 0 radical (unpaired) electrons. The molecule has 3 fully saturated rings. The first-order valence-corrected chi connectivity index (χ1v) is 11.8. The fourth-order valence-corrected chi connectivity index (χ4v) is 6.22. The number of β-amino-alcohol motifs (C(OH)–C–C–N with tert-alkyl or cyclic N) is 1. The van der Waals surface area contributed by atoms with Crippen LogP contribution in [0.2, 0.25) is 0 Å². The number of fused-ring (bicyclic) bond motifs is 1. The molecule has 4 N–H and O–H groups in total. The third kappa shape index (κ3) is 3.88. The molecule has 1 aliphatic heterocycles. The number of thiazole rings is 1. The summed E-state index contributed by atoms with van der Waals surface area (Å²) in [6, 6.07) is 7.66. The van der Waals surface area contributed by atoms with Crippen LogP contribution in [0.1, 0.15) is 30.5 Å². The Hall–Kier alpha value is -2.29. The Morgan fingerprint density at radius 2 is 1.94 bits per heavy atom. The fourth-order valence-electron chi connectivity index (χ4n) is 5.41. The molecule has 2 aromatic rings. The Balaban J connectivity index is 1.19. The van der Waals surface area contributed by atoms with Crippen molar-refractivity contribution >= 4 is 23.2 Å². The van der Waals surface area contributed by atoms with Gasteiger partial charge in [-0.3, -0.25) is 9.59 Å². The molecule has 2 unspecified atom stereocenters. The molecule has 2 heterocycles. The van der Waals surface area contributed by atoms with Gasteiger partial charge in [0.1, 0.15) is 6.04 Å². The first-order chi connectivity index (χ1) is 14.9. The number of benzene rings is 1. The Kier molecular flexibility index (Phi) is 5.32. The summed E-state index contributed by atoms with van der Waals surface area (Å²) in [6.45, 7) is 2.62. The Bertz CT molecular complexity index is 979. The normalized spacial score (nSPS) is 31.5. The van der Waals surface area contributed by atoms with E-state index in [0.717, 1.165) is 34.5 Å². The van der Waals surface area contributed by atoms with Crippen LogP contribution in [0, 0.1) is 24.7 Å². The summed E-state index contributed by atoms with van der Waals surface area (Å²) in [5.41, 5.74) is 10.9. The molecule has 7 nitrogen and oxygen atoms in total. The first kappa shape index (κ1) is 20.6. The van der Waals surface area contributed by atoms with E-state index in [4.69, 9.17) is 5.73 Å². The highest BCUT2D eigenvalue weighted by Gasteiger charge is 2.61. The smallest absolute Gasteiger partial charge is 0.243 e. The predicted molar refractivity (Wildman–Crippen MR) is 118 cm³/mol. The number of rotatable bonds is 5. The standard InChI is InChI=1S/C23H28N4O3S/c1-12-21(31-11-26-12)14-4-2-13(3-5-14)9-25-22(29)19-8-16(28)10-27(19)23(30)20-17-6-15(24)7-18(17)20/h2-5,11,15-20,28H,6-10,24H2,1H3,(H,25,29)/t15?,16-,17?,18?,19+,20?/m1/s1. The zero-order chi connectivity index (χ0) is 21.7. The average molecular weight is 441 g/mol. The molecular weight excluding hydrogens is 412 g/mol. The SMILES string of the molecule is Cc1ncsc1-c1ccc(CNC(=O)[C@@H]2C[C@@H](O)CN2C(=O)C2C3CC(N)CC32)cc1. The van der Waals surface area contributed by atoms with Gasteiger partial charge in [0.25, 0.3) is 0 Å². The molecule has 5 rings (SSSR count). The molecule has 31 heavy (non-hydrogen) atoms. The molecule has 1 aromatic carbocycles. The molecular formula is C23H28N4O3S. The van der Waals surface area contributed by atoms with Crippen LogP contribution in [0.15, 0.2) is 29.8 Å². The molecule has 1 saturated heterocycles. The zero-order valence-electron chi connectivity index (χ0n) is 17.5. The molecule has 2 amide bonds. The van der Waals surface area contributed by atoms with Gasteiger partial charge in [-0.15, -0.1) is 11.3 Å². The summed E-state index contributed by atoms with van der Waals surface area (Å²) >= 11 is 1.61. The quantitative estimate of drug-likeness (QED) is 0.656. The van der Waals surface area contributed by atoms with E-state index in [0.29, 0.717) is 24.8 Å². The highest BCUT2D eigenvalue weighted by Crippen LogP contribution is 2.58. The Morgan fingerprint density at radius 1 is 1.23 bits per heavy atom. The van der Waals surface area contributed by atoms with Crippen molar-refractivity contribution in [3.63, 3.8) is 0 Å². The minimum absolute atomic E-state index is 0.0110. The van der Waals surface area contributed by atoms with Gasteiger partial charge in [-0.2, -0.15) is 0 Å². The lowest BCUT2D eigenvalue weighted by Crippen LogP contribution is -2.46. The number of aryl methyl sites for hydroxylation is 1. The van der Waals surface area contributed by atoms with Gasteiger partial charge in [0.2, 0.25) is 11.8 Å². The van der Waals surface area contributed by atoms with E-state index < -0.39 is 12.1 Å². The summed E-state index contributed by atoms with van der Waals surface area (Å²) in [4.78, 5) is 32.9. The fraction of sp³-hybridized carbons (Fsp3) is 0.522. The van der Waals surface area contributed by atoms with Crippen LogP contribution in [0.3, 0.4) is 0 Å². The van der Waals surface area contributed by atoms with Crippen LogP contribution < -0.4 is 11.1 Å². The van der Waals surface area contributed by atoms with E-state index in [9.17, 15) is 14.7 Å². The van der Waals surface area contributed by atoms with Crippen molar-refractivity contribution < 1.29 is 14.7 Å². The number of aliphatic hydroxyl groups excluding tert-OH is 1. The van der Waals surface area contributed by atoms with Crippen molar-refractivity contribution in [3.05, 3.63) is 41.0 Å². The Labute approximate surface area is 185 Å². The molecule has 0 bridgehead atoms. The van der Waals surface area contributed by atoms with Crippen LogP contribution in [0.5, 0.6) is 0 Å². The van der Waals surface area contributed by atoms with Crippen LogP contribution >= 0.6 is 11.3 Å². The van der Waals surface area contributed by atoms with E-state index in [1.807, 2.05) is 36.7 Å². The molecule has 4 atom stereocenters. The van der Waals surface area contributed by atoms with Crippen molar-refractivity contribution in [2.24, 2.45) is 23.5 Å². The van der Waals surface area contributed by atoms with Gasteiger partial charge < -0.3 is 21.1 Å². The van der Waals surface area contributed by atoms with E-state index >= 15 is 0 Å². The van der Waals surface area contributed by atoms with Gasteiger partial charge in [-0.05, 0) is 42.7 Å². The van der Waals surface area contributed by atoms with Gasteiger partial charge in [0, 0.05) is 31.5 Å². The lowest BCUT2D eigenvalue weighted by molar-refractivity contribution is -0.140. The van der Waals surface area contributed by atoms with Crippen LogP contribution in [-0.2, 0) is 16.1 Å². The Morgan fingerprint density at radius 3 is 2.58 bits per heavy atom. The van der Waals surface area contributed by atoms with Gasteiger partial charge >= 0.3 is 0 Å². The van der Waals surface area contributed by atoms with Crippen molar-refractivity contribution in [1.82, 2.24) is 15.2 Å². The highest BCUT2D eigenvalue weighted by molar-refractivity contribution is 7.13. The van der Waals surface area contributed by atoms with Gasteiger partial charge in [-0.25, -0.2) is 4.98 Å². The van der Waals surface area contributed by atoms with Crippen LogP contribution in [0.25, 0.3) is 10.4 Å². The third-order valence-electron chi connectivity index (χ3n) is 7.06. The second-order valence-electron chi connectivity index (χ2n) is 9.16. The minimum atomic E-state index is -0.650. The largest absolute Gasteiger partial charge is 0.391 e. The average Bonchev–Trinajstić information content (AvgIpc) is 3.13. The maximum absolute atomic E-state index is 13.0. The number of hydrogen-bond acceptors (Lipinski definition) is 6. The van der Waals surface area contributed by atoms with Crippen LogP contribution in [0.4, 0.5) is 0 Å². The zero-order valence-corrected chi connectivity index (χ0v) is 18.3. The maximum Gasteiger partial charge on any atom is 0.243 e. The van der Waals surface area contributed by atoms with Crippen molar-refractivity contribution in [2.75, 3.05) is 6.54 Å². The maximum atomic E-state index is 13.0. The first-order valence-electron chi connectivity index (χ1n) is 10.9. The summed E-state index contributed by atoms with van der Waals surface area (Å²) in [5.74, 6) is 0.537. The van der Waals surface area contributed by atoms with Gasteiger partial charge in [0.15, 0.2) is 0 Å². The molecule has 3 aliphatic rings. The number of aromatic nitrogens is 1. The van der Waals surface area contributed by atoms with Crippen molar-refractivity contribution in [2.45, 2.75) is 50.9 Å². The number of carbonyl (C=O) groups excluding carboxylic acids is 2. The number of hydrogen-bond donors (Lipinski definition) is 3. The lowest BCUT2D eigenvalue weighted by Gasteiger charge is -2.25. The van der Waals surface area contributed by atoms with E-state index in [1.165, 1.54) is 0 Å². The molecule has 8 heteroatoms. The van der Waals surface area contributed by atoms with Gasteiger partial charge in [0.05, 0.1) is 22.2 Å². The molecule has 2 aliphatic carbocycles. The summed E-state index contributed by atoms with van der Waals surface area (Å²) in [5, 5.41) is 13.1. The second-order valence-corrected chi connectivity index (χ2v) is 10.0. The van der Waals surface area contributed by atoms with Gasteiger partial charge in [-0.1, -0.05) is 24.3 Å². The van der Waals surface area contributed by atoms with Crippen molar-refractivity contribution in [3.8, 4) is 10.4 Å². The van der Waals surface area contributed by atoms with Crippen molar-refractivity contribution in [1.29, 1.82) is 0 Å². The van der Waals surface area contributed by atoms with E-state index in [1.54, 1.807) is 16.2 Å². The number of nitrogens with two attached hydrogens (primary N) is 1. The number of nitrogens with one attached hydrogen (secondary N) is 1. The molecule has 2 saturated carbocycles. The third-order valence-corrected chi connectivity index (χ3v) is 8.04. The molecule has 0 spiro atoms. The summed E-state index contributed by atoms with van der Waals surface area (Å²) in [7, 11) is 0. The topological polar surface area (TPSA) is 109 Å². The number of amides is 2. The van der Waals surface area contributed by atoms with E-state index in [2.05, 4.69) is 10.3 Å².